The molecule has 0 amide bonds. The minimum Gasteiger partial charge on any atom is -0.337 e. The van der Waals surface area contributed by atoms with Crippen molar-refractivity contribution in [1.29, 1.82) is 0 Å². The van der Waals surface area contributed by atoms with Crippen LogP contribution in [0.2, 0.25) is 0 Å². The van der Waals surface area contributed by atoms with Gasteiger partial charge in [0.1, 0.15) is 19.2 Å². The molecule has 0 atom stereocenters. The van der Waals surface area contributed by atoms with Crippen LogP contribution in [-0.4, -0.2) is 24.9 Å². The Bertz CT molecular complexity index is 723. The van der Waals surface area contributed by atoms with Crippen molar-refractivity contribution in [3.63, 3.8) is 0 Å². The highest BCUT2D eigenvalue weighted by Gasteiger charge is 2.13. The summed E-state index contributed by atoms with van der Waals surface area (Å²) < 4.78 is 7.04. The first-order chi connectivity index (χ1) is 10.5. The lowest BCUT2D eigenvalue weighted by Crippen LogP contribution is -2.10. The number of hydrogen-bond donors (Lipinski definition) is 0. The van der Waals surface area contributed by atoms with E-state index in [0.29, 0.717) is 24.7 Å². The Labute approximate surface area is 129 Å². The van der Waals surface area contributed by atoms with Crippen molar-refractivity contribution >= 4 is 0 Å². The van der Waals surface area contributed by atoms with Gasteiger partial charge in [-0.3, -0.25) is 0 Å². The molecule has 0 aliphatic rings. The zero-order chi connectivity index (χ0) is 15.6. The molecule has 3 rings (SSSR count). The van der Waals surface area contributed by atoms with Crippen molar-refractivity contribution in [3.05, 3.63) is 59.8 Å². The monoisotopic (exact) mass is 297 g/mol. The van der Waals surface area contributed by atoms with Crippen LogP contribution >= 0.6 is 0 Å². The fraction of sp³-hybridized carbons (Fsp3) is 0.375. The fourth-order valence-corrected chi connectivity index (χ4v) is 2.19. The number of rotatable bonds is 4. The molecule has 22 heavy (non-hydrogen) atoms. The Morgan fingerprint density at radius 3 is 2.36 bits per heavy atom. The molecule has 2 aromatic heterocycles. The third kappa shape index (κ3) is 3.39. The van der Waals surface area contributed by atoms with Crippen LogP contribution < -0.4 is 0 Å². The van der Waals surface area contributed by atoms with Crippen molar-refractivity contribution in [2.24, 2.45) is 0 Å². The van der Waals surface area contributed by atoms with E-state index in [1.165, 1.54) is 11.1 Å². The lowest BCUT2D eigenvalue weighted by atomic mass is 9.86. The topological polar surface area (TPSA) is 69.6 Å². The largest absolute Gasteiger partial charge is 0.337 e. The van der Waals surface area contributed by atoms with Gasteiger partial charge in [-0.25, -0.2) is 0 Å². The van der Waals surface area contributed by atoms with E-state index in [1.54, 1.807) is 17.2 Å². The van der Waals surface area contributed by atoms with Crippen LogP contribution in [0.1, 0.15) is 43.6 Å². The van der Waals surface area contributed by atoms with Crippen LogP contribution in [0.5, 0.6) is 0 Å². The van der Waals surface area contributed by atoms with E-state index >= 15 is 0 Å². The molecule has 0 spiro atoms. The Morgan fingerprint density at radius 2 is 1.73 bits per heavy atom. The predicted molar refractivity (Wildman–Crippen MR) is 81.4 cm³/mol. The van der Waals surface area contributed by atoms with Gasteiger partial charge in [0.05, 0.1) is 0 Å². The molecule has 0 N–H and O–H groups in total. The lowest BCUT2D eigenvalue weighted by Gasteiger charge is -2.18. The zero-order valence-corrected chi connectivity index (χ0v) is 13.0. The van der Waals surface area contributed by atoms with Crippen molar-refractivity contribution in [3.8, 4) is 0 Å². The minimum absolute atomic E-state index is 0.163. The zero-order valence-electron chi connectivity index (χ0n) is 13.0. The average molecular weight is 297 g/mol. The van der Waals surface area contributed by atoms with Crippen molar-refractivity contribution in [2.45, 2.75) is 39.2 Å². The second-order valence-electron chi connectivity index (χ2n) is 6.36. The summed E-state index contributed by atoms with van der Waals surface area (Å²) in [5.41, 5.74) is 2.65. The molecule has 3 aromatic rings. The van der Waals surface area contributed by atoms with Crippen LogP contribution in [0.25, 0.3) is 0 Å². The van der Waals surface area contributed by atoms with E-state index in [0.717, 1.165) is 0 Å². The van der Waals surface area contributed by atoms with Crippen LogP contribution in [0.4, 0.5) is 0 Å². The van der Waals surface area contributed by atoms with Gasteiger partial charge >= 0.3 is 0 Å². The summed E-state index contributed by atoms with van der Waals surface area (Å²) in [5.74, 6) is 1.24. The van der Waals surface area contributed by atoms with E-state index in [4.69, 9.17) is 4.52 Å². The van der Waals surface area contributed by atoms with Crippen LogP contribution in [0, 0.1) is 0 Å². The smallest absolute Gasteiger partial charge is 0.246 e. The Kier molecular flexibility index (Phi) is 3.75. The second-order valence-corrected chi connectivity index (χ2v) is 6.36. The lowest BCUT2D eigenvalue weighted by molar-refractivity contribution is 0.366. The second kappa shape index (κ2) is 5.71. The molecule has 114 valence electrons. The standard InChI is InChI=1S/C16H19N5O/c1-16(2,3)13-6-4-12(5-7-13)8-14-19-15(22-20-14)9-21-10-17-18-11-21/h4-7,10-11H,8-9H2,1-3H3. The van der Waals surface area contributed by atoms with Crippen LogP contribution in [0.3, 0.4) is 0 Å². The summed E-state index contributed by atoms with van der Waals surface area (Å²) in [7, 11) is 0. The highest BCUT2D eigenvalue weighted by molar-refractivity contribution is 5.28. The maximum atomic E-state index is 5.25. The number of aromatic nitrogens is 5. The molecule has 1 aromatic carbocycles. The maximum absolute atomic E-state index is 5.25. The van der Waals surface area contributed by atoms with Gasteiger partial charge in [-0.05, 0) is 16.5 Å². The third-order valence-corrected chi connectivity index (χ3v) is 3.48. The number of benzene rings is 1. The maximum Gasteiger partial charge on any atom is 0.246 e. The minimum atomic E-state index is 0.163. The summed E-state index contributed by atoms with van der Waals surface area (Å²) >= 11 is 0. The van der Waals surface area contributed by atoms with Crippen molar-refractivity contribution in [2.75, 3.05) is 0 Å². The van der Waals surface area contributed by atoms with E-state index in [2.05, 4.69) is 65.4 Å². The van der Waals surface area contributed by atoms with Gasteiger partial charge in [-0.15, -0.1) is 10.2 Å². The molecule has 0 saturated heterocycles. The molecule has 0 bridgehead atoms. The summed E-state index contributed by atoms with van der Waals surface area (Å²) in [6, 6.07) is 8.56. The molecule has 0 fully saturated rings. The number of nitrogens with zero attached hydrogens (tertiary/aromatic N) is 5. The molecular weight excluding hydrogens is 278 g/mol. The Hall–Kier alpha value is -2.50. The van der Waals surface area contributed by atoms with Gasteiger partial charge in [0.15, 0.2) is 5.82 Å². The van der Waals surface area contributed by atoms with Crippen molar-refractivity contribution in [1.82, 2.24) is 24.9 Å². The first kappa shape index (κ1) is 14.4. The van der Waals surface area contributed by atoms with Gasteiger partial charge in [0, 0.05) is 6.42 Å². The molecule has 6 heteroatoms. The first-order valence-corrected chi connectivity index (χ1v) is 7.24. The Balaban J connectivity index is 1.67. The first-order valence-electron chi connectivity index (χ1n) is 7.24. The molecule has 0 radical (unpaired) electrons. The predicted octanol–water partition coefficient (Wildman–Crippen LogP) is 2.60. The van der Waals surface area contributed by atoms with E-state index in [1.807, 2.05) is 0 Å². The quantitative estimate of drug-likeness (QED) is 0.740. The van der Waals surface area contributed by atoms with Crippen LogP contribution in [0.15, 0.2) is 41.4 Å². The summed E-state index contributed by atoms with van der Waals surface area (Å²) in [6.07, 6.45) is 3.90. The van der Waals surface area contributed by atoms with Gasteiger partial charge in [-0.1, -0.05) is 50.2 Å². The normalized spacial score (nSPS) is 11.8. The number of hydrogen-bond acceptors (Lipinski definition) is 5. The summed E-state index contributed by atoms with van der Waals surface area (Å²) in [5, 5.41) is 11.5. The highest BCUT2D eigenvalue weighted by Crippen LogP contribution is 2.22. The molecule has 0 aliphatic heterocycles. The van der Waals surface area contributed by atoms with Gasteiger partial charge in [0.2, 0.25) is 5.89 Å². The van der Waals surface area contributed by atoms with E-state index in [9.17, 15) is 0 Å². The highest BCUT2D eigenvalue weighted by atomic mass is 16.5. The average Bonchev–Trinajstić information content (AvgIpc) is 3.11. The van der Waals surface area contributed by atoms with Gasteiger partial charge < -0.3 is 9.09 Å². The fourth-order valence-electron chi connectivity index (χ4n) is 2.19. The third-order valence-electron chi connectivity index (χ3n) is 3.48. The molecule has 0 aliphatic carbocycles. The van der Waals surface area contributed by atoms with E-state index < -0.39 is 0 Å². The summed E-state index contributed by atoms with van der Waals surface area (Å²) in [6.45, 7) is 7.11. The molecule has 0 unspecified atom stereocenters. The van der Waals surface area contributed by atoms with Crippen LogP contribution in [-0.2, 0) is 18.4 Å². The van der Waals surface area contributed by atoms with Gasteiger partial charge in [-0.2, -0.15) is 4.98 Å². The molecule has 0 saturated carbocycles. The van der Waals surface area contributed by atoms with Crippen molar-refractivity contribution < 1.29 is 4.52 Å². The summed E-state index contributed by atoms with van der Waals surface area (Å²) in [4.78, 5) is 4.40. The van der Waals surface area contributed by atoms with E-state index in [-0.39, 0.29) is 5.41 Å². The molecular formula is C16H19N5O. The molecule has 6 nitrogen and oxygen atoms in total. The SMILES string of the molecule is CC(C)(C)c1ccc(Cc2noc(Cn3cnnc3)n2)cc1. The molecule has 2 heterocycles. The van der Waals surface area contributed by atoms with Gasteiger partial charge in [0.25, 0.3) is 0 Å². The Morgan fingerprint density at radius 1 is 1.05 bits per heavy atom.